The van der Waals surface area contributed by atoms with E-state index in [0.29, 0.717) is 6.54 Å². The number of anilines is 1. The molecule has 1 aromatic rings. The minimum atomic E-state index is 0.0963. The average Bonchev–Trinajstić information content (AvgIpc) is 2.47. The minimum Gasteiger partial charge on any atom is -0.324 e. The van der Waals surface area contributed by atoms with Gasteiger partial charge < -0.3 is 9.80 Å². The third-order valence-corrected chi connectivity index (χ3v) is 3.99. The fourth-order valence-electron chi connectivity index (χ4n) is 2.82. The van der Waals surface area contributed by atoms with Gasteiger partial charge in [-0.15, -0.1) is 0 Å². The molecule has 0 radical (unpaired) electrons. The second kappa shape index (κ2) is 7.58. The maximum Gasteiger partial charge on any atom is 0.325 e. The fraction of sp³-hybridized carbons (Fsp3) is 0.647. The molecule has 0 saturated carbocycles. The maximum atomic E-state index is 12.9. The van der Waals surface area contributed by atoms with Crippen LogP contribution in [0.3, 0.4) is 0 Å². The summed E-state index contributed by atoms with van der Waals surface area (Å²) >= 11 is 0. The van der Waals surface area contributed by atoms with Crippen molar-refractivity contribution in [3.63, 3.8) is 0 Å². The van der Waals surface area contributed by atoms with E-state index in [1.165, 1.54) is 6.42 Å². The molecule has 5 nitrogen and oxygen atoms in total. The van der Waals surface area contributed by atoms with Crippen LogP contribution in [-0.2, 0) is 0 Å². The standard InChI is InChI=1S/C17H28N4O/c1-14-12-15(2)18-16(13-14)21(11-10-19(3)4)17(22)20-8-6-5-7-9-20/h12-13H,5-11H2,1-4H3. The van der Waals surface area contributed by atoms with Gasteiger partial charge in [-0.2, -0.15) is 0 Å². The number of hydrogen-bond acceptors (Lipinski definition) is 3. The van der Waals surface area contributed by atoms with Crippen molar-refractivity contribution in [2.75, 3.05) is 45.2 Å². The first-order chi connectivity index (χ1) is 10.5. The van der Waals surface area contributed by atoms with Crippen molar-refractivity contribution in [1.82, 2.24) is 14.8 Å². The van der Waals surface area contributed by atoms with E-state index < -0.39 is 0 Å². The highest BCUT2D eigenvalue weighted by molar-refractivity contribution is 5.91. The summed E-state index contributed by atoms with van der Waals surface area (Å²) < 4.78 is 0. The summed E-state index contributed by atoms with van der Waals surface area (Å²) in [7, 11) is 4.05. The van der Waals surface area contributed by atoms with Crippen LogP contribution in [-0.4, -0.2) is 61.1 Å². The van der Waals surface area contributed by atoms with E-state index in [1.807, 2.05) is 49.9 Å². The largest absolute Gasteiger partial charge is 0.325 e. The van der Waals surface area contributed by atoms with E-state index in [9.17, 15) is 4.79 Å². The molecule has 1 fully saturated rings. The van der Waals surface area contributed by atoms with Gasteiger partial charge in [0.25, 0.3) is 0 Å². The Balaban J connectivity index is 2.22. The second-order valence-corrected chi connectivity index (χ2v) is 6.43. The van der Waals surface area contributed by atoms with Crippen LogP contribution in [0.5, 0.6) is 0 Å². The van der Waals surface area contributed by atoms with Crippen molar-refractivity contribution in [3.8, 4) is 0 Å². The molecule has 0 N–H and O–H groups in total. The van der Waals surface area contributed by atoms with E-state index in [4.69, 9.17) is 0 Å². The molecule has 1 aliphatic rings. The number of piperidine rings is 1. The van der Waals surface area contributed by atoms with E-state index in [2.05, 4.69) is 9.88 Å². The van der Waals surface area contributed by atoms with Crippen LogP contribution in [0.4, 0.5) is 10.6 Å². The lowest BCUT2D eigenvalue weighted by atomic mass is 10.1. The Morgan fingerprint density at radius 1 is 1.14 bits per heavy atom. The van der Waals surface area contributed by atoms with Crippen LogP contribution in [0.25, 0.3) is 0 Å². The number of aromatic nitrogens is 1. The van der Waals surface area contributed by atoms with Crippen LogP contribution in [0.2, 0.25) is 0 Å². The lowest BCUT2D eigenvalue weighted by Crippen LogP contribution is -2.48. The first-order valence-electron chi connectivity index (χ1n) is 8.14. The zero-order chi connectivity index (χ0) is 16.1. The number of urea groups is 1. The molecule has 0 unspecified atom stereocenters. The van der Waals surface area contributed by atoms with Crippen LogP contribution in [0.15, 0.2) is 12.1 Å². The number of carbonyl (C=O) groups excluding carboxylic acids is 1. The molecule has 0 aromatic carbocycles. The molecule has 2 rings (SSSR count). The van der Waals surface area contributed by atoms with Gasteiger partial charge in [-0.25, -0.2) is 9.78 Å². The first kappa shape index (κ1) is 16.7. The highest BCUT2D eigenvalue weighted by atomic mass is 16.2. The molecule has 22 heavy (non-hydrogen) atoms. The van der Waals surface area contributed by atoms with Gasteiger partial charge in [0.1, 0.15) is 5.82 Å². The van der Waals surface area contributed by atoms with Crippen molar-refractivity contribution in [2.24, 2.45) is 0 Å². The SMILES string of the molecule is Cc1cc(C)nc(N(CCN(C)C)C(=O)N2CCCCC2)c1. The highest BCUT2D eigenvalue weighted by Gasteiger charge is 2.24. The second-order valence-electron chi connectivity index (χ2n) is 6.43. The van der Waals surface area contributed by atoms with Gasteiger partial charge >= 0.3 is 6.03 Å². The smallest absolute Gasteiger partial charge is 0.324 e. The molecule has 0 aliphatic carbocycles. The molecule has 5 heteroatoms. The number of likely N-dealkylation sites (tertiary alicyclic amines) is 1. The number of nitrogens with zero attached hydrogens (tertiary/aromatic N) is 4. The molecular formula is C17H28N4O. The Morgan fingerprint density at radius 3 is 2.41 bits per heavy atom. The third-order valence-electron chi connectivity index (χ3n) is 3.99. The number of likely N-dealkylation sites (N-methyl/N-ethyl adjacent to an activating group) is 1. The summed E-state index contributed by atoms with van der Waals surface area (Å²) in [5.74, 6) is 0.773. The summed E-state index contributed by atoms with van der Waals surface area (Å²) in [6.07, 6.45) is 3.43. The molecule has 1 saturated heterocycles. The predicted molar refractivity (Wildman–Crippen MR) is 90.4 cm³/mol. The summed E-state index contributed by atoms with van der Waals surface area (Å²) in [6.45, 7) is 7.25. The average molecular weight is 304 g/mol. The Kier molecular flexibility index (Phi) is 5.77. The first-order valence-corrected chi connectivity index (χ1v) is 8.14. The van der Waals surface area contributed by atoms with Gasteiger partial charge in [-0.1, -0.05) is 0 Å². The number of amides is 2. The molecule has 0 atom stereocenters. The van der Waals surface area contributed by atoms with Crippen molar-refractivity contribution in [2.45, 2.75) is 33.1 Å². The zero-order valence-corrected chi connectivity index (χ0v) is 14.3. The quantitative estimate of drug-likeness (QED) is 0.858. The van der Waals surface area contributed by atoms with Crippen LogP contribution in [0, 0.1) is 13.8 Å². The third kappa shape index (κ3) is 4.44. The van der Waals surface area contributed by atoms with E-state index in [1.54, 1.807) is 0 Å². The van der Waals surface area contributed by atoms with Crippen LogP contribution >= 0.6 is 0 Å². The number of rotatable bonds is 4. The van der Waals surface area contributed by atoms with Crippen molar-refractivity contribution in [3.05, 3.63) is 23.4 Å². The van der Waals surface area contributed by atoms with Crippen molar-refractivity contribution < 1.29 is 4.79 Å². The molecule has 1 aliphatic heterocycles. The lowest BCUT2D eigenvalue weighted by molar-refractivity contribution is 0.192. The minimum absolute atomic E-state index is 0.0963. The number of carbonyl (C=O) groups is 1. The Labute approximate surface area is 133 Å². The van der Waals surface area contributed by atoms with Gasteiger partial charge in [-0.3, -0.25) is 4.90 Å². The highest BCUT2D eigenvalue weighted by Crippen LogP contribution is 2.18. The summed E-state index contributed by atoms with van der Waals surface area (Å²) in [6, 6.07) is 4.14. The fourth-order valence-corrected chi connectivity index (χ4v) is 2.82. The molecular weight excluding hydrogens is 276 g/mol. The predicted octanol–water partition coefficient (Wildman–Crippen LogP) is 2.67. The van der Waals surface area contributed by atoms with Crippen LogP contribution in [0.1, 0.15) is 30.5 Å². The number of hydrogen-bond donors (Lipinski definition) is 0. The Bertz CT molecular complexity index is 489. The van der Waals surface area contributed by atoms with E-state index in [-0.39, 0.29) is 6.03 Å². The lowest BCUT2D eigenvalue weighted by Gasteiger charge is -2.33. The normalized spacial score (nSPS) is 15.2. The molecule has 0 bridgehead atoms. The van der Waals surface area contributed by atoms with Gasteiger partial charge in [-0.05, 0) is 64.9 Å². The summed E-state index contributed by atoms with van der Waals surface area (Å²) in [5.41, 5.74) is 2.10. The van der Waals surface area contributed by atoms with Crippen LogP contribution < -0.4 is 4.90 Å². The monoisotopic (exact) mass is 304 g/mol. The van der Waals surface area contributed by atoms with Gasteiger partial charge in [0.2, 0.25) is 0 Å². The summed E-state index contributed by atoms with van der Waals surface area (Å²) in [4.78, 5) is 23.4. The molecule has 2 amide bonds. The van der Waals surface area contributed by atoms with Gasteiger partial charge in [0.05, 0.1) is 0 Å². The van der Waals surface area contributed by atoms with Crippen molar-refractivity contribution in [1.29, 1.82) is 0 Å². The Morgan fingerprint density at radius 2 is 1.82 bits per heavy atom. The number of pyridine rings is 1. The zero-order valence-electron chi connectivity index (χ0n) is 14.3. The van der Waals surface area contributed by atoms with Crippen molar-refractivity contribution >= 4 is 11.8 Å². The van der Waals surface area contributed by atoms with E-state index >= 15 is 0 Å². The van der Waals surface area contributed by atoms with Gasteiger partial charge in [0.15, 0.2) is 0 Å². The topological polar surface area (TPSA) is 39.7 Å². The summed E-state index contributed by atoms with van der Waals surface area (Å²) in [5, 5.41) is 0. The molecule has 0 spiro atoms. The molecule has 122 valence electrons. The van der Waals surface area contributed by atoms with E-state index in [0.717, 1.165) is 49.6 Å². The number of aryl methyl sites for hydroxylation is 2. The maximum absolute atomic E-state index is 12.9. The molecule has 2 heterocycles. The Hall–Kier alpha value is -1.62. The molecule has 1 aromatic heterocycles. The van der Waals surface area contributed by atoms with Gasteiger partial charge in [0, 0.05) is 31.9 Å².